The third-order valence-corrected chi connectivity index (χ3v) is 8.53. The molecular formula is C24H37BrO. The number of methoxy groups -OCH3 is 1. The van der Waals surface area contributed by atoms with Crippen molar-refractivity contribution in [3.05, 3.63) is 26.7 Å². The van der Waals surface area contributed by atoms with E-state index < -0.39 is 0 Å². The summed E-state index contributed by atoms with van der Waals surface area (Å²) in [6.07, 6.45) is 15.9. The van der Waals surface area contributed by atoms with Crippen molar-refractivity contribution in [2.45, 2.75) is 91.4 Å². The van der Waals surface area contributed by atoms with Gasteiger partial charge in [-0.3, -0.25) is 0 Å². The van der Waals surface area contributed by atoms with E-state index in [0.717, 1.165) is 23.5 Å². The molecule has 2 aliphatic rings. The molecule has 2 heteroatoms. The van der Waals surface area contributed by atoms with Crippen LogP contribution in [0.1, 0.15) is 86.5 Å². The van der Waals surface area contributed by atoms with Gasteiger partial charge in [-0.05, 0) is 80.9 Å². The molecule has 2 fully saturated rings. The molecule has 3 rings (SSSR count). The lowest BCUT2D eigenvalue weighted by molar-refractivity contribution is 0.210. The van der Waals surface area contributed by atoms with E-state index in [1.807, 2.05) is 7.11 Å². The molecule has 0 N–H and O–H groups in total. The van der Waals surface area contributed by atoms with Crippen LogP contribution in [0.15, 0.2) is 4.47 Å². The van der Waals surface area contributed by atoms with Crippen molar-refractivity contribution < 1.29 is 4.74 Å². The molecule has 2 saturated carbocycles. The molecule has 0 unspecified atom stereocenters. The first kappa shape index (κ1) is 20.2. The van der Waals surface area contributed by atoms with Crippen LogP contribution in [-0.2, 0) is 6.42 Å². The summed E-state index contributed by atoms with van der Waals surface area (Å²) in [4.78, 5) is 0. The van der Waals surface area contributed by atoms with Crippen LogP contribution in [-0.4, -0.2) is 7.11 Å². The van der Waals surface area contributed by atoms with E-state index in [9.17, 15) is 0 Å². The molecule has 0 amide bonds. The number of rotatable bonds is 5. The van der Waals surface area contributed by atoms with Crippen molar-refractivity contribution in [1.82, 2.24) is 0 Å². The summed E-state index contributed by atoms with van der Waals surface area (Å²) in [6.45, 7) is 6.68. The largest absolute Gasteiger partial charge is 0.496 e. The zero-order valence-corrected chi connectivity index (χ0v) is 18.9. The van der Waals surface area contributed by atoms with Crippen LogP contribution >= 0.6 is 15.9 Å². The Hall–Kier alpha value is -0.500. The van der Waals surface area contributed by atoms with Crippen molar-refractivity contribution in [2.24, 2.45) is 17.8 Å². The number of benzene rings is 1. The minimum Gasteiger partial charge on any atom is -0.496 e. The maximum absolute atomic E-state index is 5.83. The molecule has 0 aromatic heterocycles. The maximum Gasteiger partial charge on any atom is 0.126 e. The Kier molecular flexibility index (Phi) is 7.11. The van der Waals surface area contributed by atoms with Crippen LogP contribution in [0.2, 0.25) is 0 Å². The van der Waals surface area contributed by atoms with Crippen molar-refractivity contribution in [1.29, 1.82) is 0 Å². The highest BCUT2D eigenvalue weighted by Crippen LogP contribution is 2.41. The second kappa shape index (κ2) is 9.13. The highest BCUT2D eigenvalue weighted by atomic mass is 79.9. The summed E-state index contributed by atoms with van der Waals surface area (Å²) in [7, 11) is 1.83. The van der Waals surface area contributed by atoms with Gasteiger partial charge in [0.2, 0.25) is 0 Å². The minimum atomic E-state index is 0.838. The van der Waals surface area contributed by atoms with E-state index in [-0.39, 0.29) is 0 Å². The monoisotopic (exact) mass is 420 g/mol. The fourth-order valence-corrected chi connectivity index (χ4v) is 6.02. The molecule has 1 aromatic carbocycles. The van der Waals surface area contributed by atoms with Gasteiger partial charge in [-0.25, -0.2) is 0 Å². The predicted molar refractivity (Wildman–Crippen MR) is 115 cm³/mol. The second-order valence-corrected chi connectivity index (χ2v) is 9.82. The number of halogens is 1. The fourth-order valence-electron chi connectivity index (χ4n) is 5.54. The van der Waals surface area contributed by atoms with Gasteiger partial charge in [-0.1, -0.05) is 60.9 Å². The zero-order chi connectivity index (χ0) is 18.7. The van der Waals surface area contributed by atoms with Gasteiger partial charge in [0.25, 0.3) is 0 Å². The molecule has 0 bridgehead atoms. The summed E-state index contributed by atoms with van der Waals surface area (Å²) in [5.41, 5.74) is 5.52. The van der Waals surface area contributed by atoms with Crippen molar-refractivity contribution in [2.75, 3.05) is 7.11 Å². The SMILES string of the molecule is COc1c(C)c(Br)c(C)c(C)c1CC1CCC(CC2CCCCC2)CC1. The number of ether oxygens (including phenoxy) is 1. The van der Waals surface area contributed by atoms with Crippen LogP contribution in [0.3, 0.4) is 0 Å². The third kappa shape index (κ3) is 4.49. The maximum atomic E-state index is 5.83. The summed E-state index contributed by atoms with van der Waals surface area (Å²) < 4.78 is 7.04. The summed E-state index contributed by atoms with van der Waals surface area (Å²) in [5.74, 6) is 4.00. The van der Waals surface area contributed by atoms with Crippen LogP contribution < -0.4 is 4.74 Å². The lowest BCUT2D eigenvalue weighted by Crippen LogP contribution is -2.20. The standard InChI is InChI=1S/C24H37BrO/c1-16-17(2)23(25)18(3)24(26-4)22(16)15-21-12-10-20(11-13-21)14-19-8-6-5-7-9-19/h19-21H,5-15H2,1-4H3. The van der Waals surface area contributed by atoms with Crippen molar-refractivity contribution >= 4 is 15.9 Å². The zero-order valence-electron chi connectivity index (χ0n) is 17.3. The fraction of sp³-hybridized carbons (Fsp3) is 0.750. The van der Waals surface area contributed by atoms with Gasteiger partial charge in [0.05, 0.1) is 7.11 Å². The molecule has 0 atom stereocenters. The lowest BCUT2D eigenvalue weighted by atomic mass is 9.73. The molecule has 0 aliphatic heterocycles. The lowest BCUT2D eigenvalue weighted by Gasteiger charge is -2.33. The molecule has 0 saturated heterocycles. The van der Waals surface area contributed by atoms with E-state index in [4.69, 9.17) is 4.74 Å². The topological polar surface area (TPSA) is 9.23 Å². The van der Waals surface area contributed by atoms with E-state index in [1.165, 1.54) is 97.4 Å². The van der Waals surface area contributed by atoms with Gasteiger partial charge >= 0.3 is 0 Å². The molecule has 0 spiro atoms. The van der Waals surface area contributed by atoms with E-state index in [1.54, 1.807) is 0 Å². The number of hydrogen-bond donors (Lipinski definition) is 0. The second-order valence-electron chi connectivity index (χ2n) is 9.03. The first-order chi connectivity index (χ1) is 12.5. The van der Waals surface area contributed by atoms with E-state index >= 15 is 0 Å². The van der Waals surface area contributed by atoms with Gasteiger partial charge in [-0.15, -0.1) is 0 Å². The highest BCUT2D eigenvalue weighted by Gasteiger charge is 2.27. The Bertz CT molecular complexity index is 607. The van der Waals surface area contributed by atoms with Crippen LogP contribution in [0, 0.1) is 38.5 Å². The van der Waals surface area contributed by atoms with E-state index in [2.05, 4.69) is 36.7 Å². The Morgan fingerprint density at radius 3 is 1.96 bits per heavy atom. The van der Waals surface area contributed by atoms with E-state index in [0.29, 0.717) is 0 Å². The van der Waals surface area contributed by atoms with Gasteiger partial charge in [-0.2, -0.15) is 0 Å². The molecule has 0 radical (unpaired) electrons. The average molecular weight is 421 g/mol. The summed E-state index contributed by atoms with van der Waals surface area (Å²) >= 11 is 3.76. The normalized spacial score (nSPS) is 24.7. The number of hydrogen-bond acceptors (Lipinski definition) is 1. The summed E-state index contributed by atoms with van der Waals surface area (Å²) in [6, 6.07) is 0. The van der Waals surface area contributed by atoms with Gasteiger partial charge < -0.3 is 4.74 Å². The molecule has 1 aromatic rings. The Balaban J connectivity index is 1.61. The Morgan fingerprint density at radius 2 is 1.35 bits per heavy atom. The quantitative estimate of drug-likeness (QED) is 0.473. The van der Waals surface area contributed by atoms with Gasteiger partial charge in [0.15, 0.2) is 0 Å². The smallest absolute Gasteiger partial charge is 0.126 e. The van der Waals surface area contributed by atoms with Crippen molar-refractivity contribution in [3.8, 4) is 5.75 Å². The average Bonchev–Trinajstić information content (AvgIpc) is 2.67. The van der Waals surface area contributed by atoms with Gasteiger partial charge in [0.1, 0.15) is 5.75 Å². The first-order valence-electron chi connectivity index (χ1n) is 10.8. The first-order valence-corrected chi connectivity index (χ1v) is 11.6. The summed E-state index contributed by atoms with van der Waals surface area (Å²) in [5, 5.41) is 0. The van der Waals surface area contributed by atoms with Gasteiger partial charge in [0, 0.05) is 10.0 Å². The molecule has 0 heterocycles. The molecule has 2 aliphatic carbocycles. The van der Waals surface area contributed by atoms with Crippen LogP contribution in [0.4, 0.5) is 0 Å². The minimum absolute atomic E-state index is 0.838. The highest BCUT2D eigenvalue weighted by molar-refractivity contribution is 9.10. The molecular weight excluding hydrogens is 384 g/mol. The Labute approximate surface area is 169 Å². The predicted octanol–water partition coefficient (Wildman–Crippen LogP) is 7.70. The molecule has 146 valence electrons. The van der Waals surface area contributed by atoms with Crippen molar-refractivity contribution in [3.63, 3.8) is 0 Å². The molecule has 26 heavy (non-hydrogen) atoms. The third-order valence-electron chi connectivity index (χ3n) is 7.34. The van der Waals surface area contributed by atoms with Crippen LogP contribution in [0.25, 0.3) is 0 Å². The molecule has 1 nitrogen and oxygen atoms in total. The van der Waals surface area contributed by atoms with Crippen LogP contribution in [0.5, 0.6) is 5.75 Å². The Morgan fingerprint density at radius 1 is 0.769 bits per heavy atom.